The van der Waals surface area contributed by atoms with Crippen LogP contribution in [0.4, 0.5) is 0 Å². The third-order valence-corrected chi connectivity index (χ3v) is 29.3. The highest BCUT2D eigenvalue weighted by molar-refractivity contribution is 7.78. The Bertz CT molecular complexity index is 334. The van der Waals surface area contributed by atoms with Crippen LogP contribution in [0.2, 0.25) is 58.9 Å². The molecule has 0 amide bonds. The van der Waals surface area contributed by atoms with Crippen LogP contribution in [0, 0.1) is 0 Å². The van der Waals surface area contributed by atoms with Crippen molar-refractivity contribution in [2.75, 3.05) is 13.1 Å². The molecule has 1 nitrogen and oxygen atoms in total. The maximum absolute atomic E-state index is 2.88. The molecule has 0 bridgehead atoms. The first-order chi connectivity index (χ1) is 8.76. The van der Waals surface area contributed by atoms with Gasteiger partial charge in [-0.3, -0.25) is 4.67 Å². The highest BCUT2D eigenvalue weighted by Gasteiger charge is 2.78. The van der Waals surface area contributed by atoms with Crippen molar-refractivity contribution < 1.29 is 0 Å². The molecule has 0 radical (unpaired) electrons. The molecule has 1 unspecified atom stereocenters. The van der Waals surface area contributed by atoms with Crippen LogP contribution in [0.5, 0.6) is 0 Å². The van der Waals surface area contributed by atoms with Crippen LogP contribution in [0.1, 0.15) is 13.8 Å². The van der Waals surface area contributed by atoms with E-state index in [0.29, 0.717) is 0 Å². The fraction of sp³-hybridized carbons (Fsp3) is 1.00. The molecule has 1 aliphatic rings. The molecule has 1 saturated heterocycles. The molecule has 120 valence electrons. The molecule has 1 rings (SSSR count). The molecule has 0 N–H and O–H groups in total. The summed E-state index contributed by atoms with van der Waals surface area (Å²) in [5.74, 6) is 0. The van der Waals surface area contributed by atoms with Gasteiger partial charge in [0.1, 0.15) is 0 Å². The van der Waals surface area contributed by atoms with Crippen LogP contribution < -0.4 is 0 Å². The summed E-state index contributed by atoms with van der Waals surface area (Å²) in [6, 6.07) is 0. The summed E-state index contributed by atoms with van der Waals surface area (Å²) in [6.07, 6.45) is 0. The van der Waals surface area contributed by atoms with Gasteiger partial charge in [-0.05, 0) is 30.8 Å². The molecule has 0 spiro atoms. The van der Waals surface area contributed by atoms with E-state index in [1.165, 1.54) is 13.1 Å². The number of nitrogens with zero attached hydrogens (tertiary/aromatic N) is 1. The van der Waals surface area contributed by atoms with Crippen molar-refractivity contribution >= 4 is 32.3 Å². The van der Waals surface area contributed by atoms with Crippen molar-refractivity contribution in [1.29, 1.82) is 0 Å². The first-order valence-electron chi connectivity index (χ1n) is 8.31. The predicted molar refractivity (Wildman–Crippen MR) is 106 cm³/mol. The molecular weight excluding hydrogens is 309 g/mol. The van der Waals surface area contributed by atoms with E-state index in [4.69, 9.17) is 0 Å². The monoisotopic (exact) mass is 347 g/mol. The van der Waals surface area contributed by atoms with Crippen LogP contribution in [0.25, 0.3) is 0 Å². The quantitative estimate of drug-likeness (QED) is 0.454. The molecule has 0 aliphatic carbocycles. The van der Waals surface area contributed by atoms with Gasteiger partial charge in [0.25, 0.3) is 0 Å². The minimum atomic E-state index is -1.16. The summed E-state index contributed by atoms with van der Waals surface area (Å²) in [5, 5.41) is 1.10. The van der Waals surface area contributed by atoms with Crippen molar-refractivity contribution in [3.63, 3.8) is 0 Å². The van der Waals surface area contributed by atoms with Crippen LogP contribution in [-0.2, 0) is 0 Å². The van der Waals surface area contributed by atoms with Gasteiger partial charge in [-0.1, -0.05) is 72.8 Å². The normalized spacial score (nSPS) is 27.0. The average molecular weight is 348 g/mol. The Labute approximate surface area is 132 Å². The Hall–Kier alpha value is 1.04. The summed E-state index contributed by atoms with van der Waals surface area (Å²) in [4.78, 5) is 0. The van der Waals surface area contributed by atoms with Crippen LogP contribution in [-0.4, -0.2) is 51.7 Å². The zero-order chi connectivity index (χ0) is 16.1. The maximum atomic E-state index is 2.88. The van der Waals surface area contributed by atoms with E-state index >= 15 is 0 Å². The molecule has 1 aliphatic heterocycles. The van der Waals surface area contributed by atoms with Crippen LogP contribution in [0.15, 0.2) is 0 Å². The third-order valence-electron chi connectivity index (χ3n) is 5.08. The fourth-order valence-electron chi connectivity index (χ4n) is 4.82. The Morgan fingerprint density at radius 3 is 1.30 bits per heavy atom. The van der Waals surface area contributed by atoms with Gasteiger partial charge < -0.3 is 0 Å². The largest absolute Gasteiger partial charge is 0.282 e. The van der Waals surface area contributed by atoms with E-state index in [9.17, 15) is 0 Å². The number of hydrogen-bond donors (Lipinski definition) is 0. The lowest BCUT2D eigenvalue weighted by Gasteiger charge is -2.43. The van der Waals surface area contributed by atoms with Gasteiger partial charge in [-0.15, -0.1) is 0 Å². The van der Waals surface area contributed by atoms with Crippen LogP contribution >= 0.6 is 8.07 Å². The van der Waals surface area contributed by atoms with Crippen molar-refractivity contribution in [2.45, 2.75) is 82.5 Å². The first kappa shape index (κ1) is 19.1. The third kappa shape index (κ3) is 2.80. The highest BCUT2D eigenvalue weighted by atomic mass is 31.1. The van der Waals surface area contributed by atoms with E-state index < -0.39 is 24.2 Å². The van der Waals surface area contributed by atoms with Crippen molar-refractivity contribution in [3.05, 3.63) is 0 Å². The van der Waals surface area contributed by atoms with Gasteiger partial charge in [-0.25, -0.2) is 0 Å². The molecule has 2 atom stereocenters. The molecule has 0 aromatic carbocycles. The SMILES string of the molecule is CCN(CC)[P@]1C([Si](C)(C)C)C1([Si](C)(C)C)[Si](C)(C)C. The summed E-state index contributed by atoms with van der Waals surface area (Å²) in [6.45, 7) is 31.2. The Kier molecular flexibility index (Phi) is 5.34. The van der Waals surface area contributed by atoms with Crippen molar-refractivity contribution in [2.24, 2.45) is 0 Å². The van der Waals surface area contributed by atoms with Crippen molar-refractivity contribution in [3.8, 4) is 0 Å². The molecule has 0 saturated carbocycles. The summed E-state index contributed by atoms with van der Waals surface area (Å²) < 4.78 is 3.68. The van der Waals surface area contributed by atoms with Gasteiger partial charge >= 0.3 is 0 Å². The second-order valence-electron chi connectivity index (χ2n) is 9.52. The van der Waals surface area contributed by atoms with Gasteiger partial charge in [-0.2, -0.15) is 0 Å². The molecule has 0 aromatic heterocycles. The Balaban J connectivity index is 3.42. The van der Waals surface area contributed by atoms with Gasteiger partial charge in [0, 0.05) is 0 Å². The summed E-state index contributed by atoms with van der Waals surface area (Å²) in [7, 11) is -3.26. The molecule has 0 aromatic rings. The Morgan fingerprint density at radius 1 is 0.800 bits per heavy atom. The smallest absolute Gasteiger partial charge is 0.0546 e. The van der Waals surface area contributed by atoms with E-state index in [-0.39, 0.29) is 8.07 Å². The van der Waals surface area contributed by atoms with Gasteiger partial charge in [0.2, 0.25) is 0 Å². The number of rotatable bonds is 6. The lowest BCUT2D eigenvalue weighted by molar-refractivity contribution is 0.514. The minimum absolute atomic E-state index is 0.129. The average Bonchev–Trinajstić information content (AvgIpc) is 2.88. The fourth-order valence-corrected chi connectivity index (χ4v) is 39.9. The molecular formula is C15H38NPSi3. The standard InChI is InChI=1S/C15H38NPSi3/c1-12-16(13-2)17-14(18(3,4)5)15(17,19(6,7)8)20(9,10)11/h14H,12-13H2,1-11H3/t14?,17-/m1/s1. The topological polar surface area (TPSA) is 3.24 Å². The summed E-state index contributed by atoms with van der Waals surface area (Å²) in [5.41, 5.74) is 0. The van der Waals surface area contributed by atoms with Gasteiger partial charge in [0.05, 0.1) is 24.2 Å². The van der Waals surface area contributed by atoms with E-state index in [2.05, 4.69) is 77.4 Å². The molecule has 1 fully saturated rings. The second-order valence-corrected chi connectivity index (χ2v) is 29.7. The first-order valence-corrected chi connectivity index (χ1v) is 20.2. The van der Waals surface area contributed by atoms with E-state index in [1.807, 2.05) is 0 Å². The molecule has 20 heavy (non-hydrogen) atoms. The lowest BCUT2D eigenvalue weighted by atomic mass is 10.7. The maximum Gasteiger partial charge on any atom is 0.0546 e. The zero-order valence-electron chi connectivity index (χ0n) is 15.9. The summed E-state index contributed by atoms with van der Waals surface area (Å²) >= 11 is 0. The minimum Gasteiger partial charge on any atom is -0.282 e. The van der Waals surface area contributed by atoms with Crippen molar-refractivity contribution in [1.82, 2.24) is 4.67 Å². The highest BCUT2D eigenvalue weighted by Crippen LogP contribution is 2.84. The predicted octanol–water partition coefficient (Wildman–Crippen LogP) is 5.48. The van der Waals surface area contributed by atoms with Gasteiger partial charge in [0.15, 0.2) is 0 Å². The number of hydrogen-bond acceptors (Lipinski definition) is 1. The van der Waals surface area contributed by atoms with Crippen LogP contribution in [0.3, 0.4) is 0 Å². The van der Waals surface area contributed by atoms with E-state index in [0.717, 1.165) is 9.68 Å². The lowest BCUT2D eigenvalue weighted by Crippen LogP contribution is -2.61. The molecule has 5 heteroatoms. The zero-order valence-corrected chi connectivity index (χ0v) is 19.8. The molecule has 1 heterocycles. The Morgan fingerprint density at radius 2 is 1.15 bits per heavy atom. The van der Waals surface area contributed by atoms with E-state index in [1.54, 1.807) is 0 Å². The second kappa shape index (κ2) is 5.59.